The van der Waals surface area contributed by atoms with Crippen molar-refractivity contribution in [3.63, 3.8) is 0 Å². The zero-order chi connectivity index (χ0) is 14.1. The molecule has 1 aliphatic carbocycles. The van der Waals surface area contributed by atoms with Gasteiger partial charge < -0.3 is 15.4 Å². The number of nitrogens with two attached hydrogens (primary N) is 1. The van der Waals surface area contributed by atoms with Gasteiger partial charge in [-0.3, -0.25) is 0 Å². The van der Waals surface area contributed by atoms with E-state index in [0.717, 1.165) is 45.1 Å². The Morgan fingerprint density at radius 2 is 1.95 bits per heavy atom. The van der Waals surface area contributed by atoms with Crippen molar-refractivity contribution >= 4 is 6.09 Å². The van der Waals surface area contributed by atoms with E-state index in [9.17, 15) is 4.79 Å². The van der Waals surface area contributed by atoms with Gasteiger partial charge in [0, 0.05) is 18.1 Å². The number of hydrogen-bond acceptors (Lipinski definition) is 3. The second-order valence-electron chi connectivity index (χ2n) is 7.17. The summed E-state index contributed by atoms with van der Waals surface area (Å²) in [6.07, 6.45) is 7.44. The monoisotopic (exact) mass is 268 g/mol. The third kappa shape index (κ3) is 3.41. The first-order chi connectivity index (χ1) is 8.82. The molecule has 2 atom stereocenters. The lowest BCUT2D eigenvalue weighted by Crippen LogP contribution is -2.59. The minimum Gasteiger partial charge on any atom is -0.444 e. The second kappa shape index (κ2) is 5.31. The van der Waals surface area contributed by atoms with Crippen LogP contribution in [-0.2, 0) is 4.74 Å². The Morgan fingerprint density at radius 1 is 1.26 bits per heavy atom. The van der Waals surface area contributed by atoms with Crippen molar-refractivity contribution in [3.05, 3.63) is 0 Å². The number of rotatable bonds is 0. The van der Waals surface area contributed by atoms with E-state index >= 15 is 0 Å². The molecule has 1 aliphatic heterocycles. The lowest BCUT2D eigenvalue weighted by Gasteiger charge is -2.50. The largest absolute Gasteiger partial charge is 0.444 e. The summed E-state index contributed by atoms with van der Waals surface area (Å²) in [6, 6.07) is 0.233. The van der Waals surface area contributed by atoms with Crippen LogP contribution < -0.4 is 5.73 Å². The van der Waals surface area contributed by atoms with E-state index in [1.807, 2.05) is 25.7 Å². The quantitative estimate of drug-likeness (QED) is 0.734. The Hall–Kier alpha value is -0.770. The maximum Gasteiger partial charge on any atom is 0.410 e. The van der Waals surface area contributed by atoms with Crippen LogP contribution in [-0.4, -0.2) is 34.7 Å². The van der Waals surface area contributed by atoms with Crippen molar-refractivity contribution < 1.29 is 9.53 Å². The van der Waals surface area contributed by atoms with Crippen LogP contribution in [0.4, 0.5) is 4.79 Å². The van der Waals surface area contributed by atoms with Gasteiger partial charge in [-0.1, -0.05) is 0 Å². The van der Waals surface area contributed by atoms with Crippen LogP contribution in [0.5, 0.6) is 0 Å². The molecule has 2 N–H and O–H groups in total. The molecular formula is C15H28N2O2. The first kappa shape index (κ1) is 14.6. The number of ether oxygens (including phenoxy) is 1. The van der Waals surface area contributed by atoms with E-state index < -0.39 is 5.60 Å². The smallest absolute Gasteiger partial charge is 0.410 e. The molecule has 1 saturated heterocycles. The van der Waals surface area contributed by atoms with Crippen LogP contribution in [0, 0.1) is 0 Å². The van der Waals surface area contributed by atoms with Gasteiger partial charge in [-0.05, 0) is 65.7 Å². The number of carbonyl (C=O) groups is 1. The third-order valence-corrected chi connectivity index (χ3v) is 4.32. The Labute approximate surface area is 116 Å². The highest BCUT2D eigenvalue weighted by molar-refractivity contribution is 5.69. The fourth-order valence-electron chi connectivity index (χ4n) is 3.56. The molecule has 1 heterocycles. The predicted molar refractivity (Wildman–Crippen MR) is 76.0 cm³/mol. The SMILES string of the molecule is CC(C)(C)OC(=O)N1CCCCC12CCCC(N)C2. The van der Waals surface area contributed by atoms with Crippen LogP contribution in [0.1, 0.15) is 65.7 Å². The number of nitrogens with zero attached hydrogens (tertiary/aromatic N) is 1. The van der Waals surface area contributed by atoms with Crippen molar-refractivity contribution in [2.24, 2.45) is 5.73 Å². The first-order valence-corrected chi connectivity index (χ1v) is 7.59. The predicted octanol–water partition coefficient (Wildman–Crippen LogP) is 3.05. The third-order valence-electron chi connectivity index (χ3n) is 4.32. The minimum absolute atomic E-state index is 0.0295. The van der Waals surface area contributed by atoms with Gasteiger partial charge in [0.1, 0.15) is 5.60 Å². The van der Waals surface area contributed by atoms with Gasteiger partial charge in [0.25, 0.3) is 0 Å². The molecule has 19 heavy (non-hydrogen) atoms. The maximum atomic E-state index is 12.5. The van der Waals surface area contributed by atoms with Crippen molar-refractivity contribution in [3.8, 4) is 0 Å². The van der Waals surface area contributed by atoms with Crippen LogP contribution in [0.3, 0.4) is 0 Å². The van der Waals surface area contributed by atoms with E-state index in [-0.39, 0.29) is 17.7 Å². The first-order valence-electron chi connectivity index (χ1n) is 7.59. The lowest BCUT2D eigenvalue weighted by molar-refractivity contribution is -0.0294. The summed E-state index contributed by atoms with van der Waals surface area (Å²) >= 11 is 0. The van der Waals surface area contributed by atoms with Gasteiger partial charge >= 0.3 is 6.09 Å². The molecule has 4 nitrogen and oxygen atoms in total. The average Bonchev–Trinajstić information content (AvgIpc) is 2.26. The van der Waals surface area contributed by atoms with E-state index in [4.69, 9.17) is 10.5 Å². The molecule has 2 rings (SSSR count). The summed E-state index contributed by atoms with van der Waals surface area (Å²) in [5, 5.41) is 0. The normalized spacial score (nSPS) is 32.4. The average molecular weight is 268 g/mol. The Bertz CT molecular complexity index is 334. The highest BCUT2D eigenvalue weighted by atomic mass is 16.6. The fraction of sp³-hybridized carbons (Fsp3) is 0.933. The van der Waals surface area contributed by atoms with Gasteiger partial charge in [0.15, 0.2) is 0 Å². The van der Waals surface area contributed by atoms with Crippen molar-refractivity contribution in [2.45, 2.75) is 82.9 Å². The topological polar surface area (TPSA) is 55.6 Å². The van der Waals surface area contributed by atoms with E-state index in [2.05, 4.69) is 0 Å². The molecule has 0 aromatic rings. The zero-order valence-electron chi connectivity index (χ0n) is 12.6. The lowest BCUT2D eigenvalue weighted by atomic mass is 9.73. The van der Waals surface area contributed by atoms with Crippen LogP contribution in [0.25, 0.3) is 0 Å². The molecule has 0 aromatic carbocycles. The fourth-order valence-corrected chi connectivity index (χ4v) is 3.56. The molecule has 2 fully saturated rings. The van der Waals surface area contributed by atoms with Gasteiger partial charge in [-0.2, -0.15) is 0 Å². The summed E-state index contributed by atoms with van der Waals surface area (Å²) in [5.74, 6) is 0. The standard InChI is InChI=1S/C15H28N2O2/c1-14(2,3)19-13(18)17-10-5-4-8-15(17)9-6-7-12(16)11-15/h12H,4-11,16H2,1-3H3. The summed E-state index contributed by atoms with van der Waals surface area (Å²) in [4.78, 5) is 14.4. The van der Waals surface area contributed by atoms with Crippen molar-refractivity contribution in [1.82, 2.24) is 4.90 Å². The van der Waals surface area contributed by atoms with E-state index in [0.29, 0.717) is 0 Å². The molecule has 0 bridgehead atoms. The molecular weight excluding hydrogens is 240 g/mol. The molecule has 0 radical (unpaired) electrons. The molecule has 1 amide bonds. The minimum atomic E-state index is -0.424. The number of amides is 1. The Kier molecular flexibility index (Phi) is 4.09. The van der Waals surface area contributed by atoms with Gasteiger partial charge in [-0.15, -0.1) is 0 Å². The summed E-state index contributed by atoms with van der Waals surface area (Å²) in [7, 11) is 0. The number of likely N-dealkylation sites (tertiary alicyclic amines) is 1. The molecule has 1 saturated carbocycles. The maximum absolute atomic E-state index is 12.5. The zero-order valence-corrected chi connectivity index (χ0v) is 12.6. The van der Waals surface area contributed by atoms with Crippen LogP contribution >= 0.6 is 0 Å². The number of hydrogen-bond donors (Lipinski definition) is 1. The molecule has 2 aliphatic rings. The van der Waals surface area contributed by atoms with E-state index in [1.54, 1.807) is 0 Å². The van der Waals surface area contributed by atoms with Crippen molar-refractivity contribution in [1.29, 1.82) is 0 Å². The van der Waals surface area contributed by atoms with Gasteiger partial charge in [-0.25, -0.2) is 4.79 Å². The summed E-state index contributed by atoms with van der Waals surface area (Å²) < 4.78 is 5.59. The highest BCUT2D eigenvalue weighted by Crippen LogP contribution is 2.40. The van der Waals surface area contributed by atoms with Gasteiger partial charge in [0.05, 0.1) is 0 Å². The number of piperidine rings is 1. The molecule has 110 valence electrons. The molecule has 2 unspecified atom stereocenters. The highest BCUT2D eigenvalue weighted by Gasteiger charge is 2.45. The van der Waals surface area contributed by atoms with Gasteiger partial charge in [0.2, 0.25) is 0 Å². The Morgan fingerprint density at radius 3 is 2.58 bits per heavy atom. The summed E-state index contributed by atoms with van der Waals surface area (Å²) in [6.45, 7) is 6.60. The molecule has 1 spiro atoms. The molecule has 0 aromatic heterocycles. The Balaban J connectivity index is 2.13. The second-order valence-corrected chi connectivity index (χ2v) is 7.17. The van der Waals surface area contributed by atoms with Crippen LogP contribution in [0.15, 0.2) is 0 Å². The van der Waals surface area contributed by atoms with Crippen molar-refractivity contribution in [2.75, 3.05) is 6.54 Å². The summed E-state index contributed by atoms with van der Waals surface area (Å²) in [5.41, 5.74) is 5.70. The van der Waals surface area contributed by atoms with Crippen LogP contribution in [0.2, 0.25) is 0 Å². The molecule has 4 heteroatoms. The van der Waals surface area contributed by atoms with E-state index in [1.165, 1.54) is 6.42 Å². The number of carbonyl (C=O) groups excluding carboxylic acids is 1.